The second-order valence-electron chi connectivity index (χ2n) is 5.65. The van der Waals surface area contributed by atoms with Crippen molar-refractivity contribution in [3.8, 4) is 0 Å². The second kappa shape index (κ2) is 5.78. The van der Waals surface area contributed by atoms with Crippen molar-refractivity contribution in [1.82, 2.24) is 14.9 Å². The molecule has 1 aliphatic carbocycles. The minimum atomic E-state index is -0.182. The van der Waals surface area contributed by atoms with Gasteiger partial charge in [0.15, 0.2) is 0 Å². The number of thiophene rings is 1. The highest BCUT2D eigenvalue weighted by Gasteiger charge is 2.29. The third kappa shape index (κ3) is 2.53. The van der Waals surface area contributed by atoms with Gasteiger partial charge >= 0.3 is 0 Å². The van der Waals surface area contributed by atoms with Gasteiger partial charge in [-0.2, -0.15) is 0 Å². The molecule has 2 aliphatic rings. The number of hydrogen-bond acceptors (Lipinski definition) is 5. The molecule has 0 bridgehead atoms. The molecule has 0 spiro atoms. The van der Waals surface area contributed by atoms with Crippen LogP contribution in [0.15, 0.2) is 24.7 Å². The van der Waals surface area contributed by atoms with Crippen molar-refractivity contribution in [3.63, 3.8) is 0 Å². The molecule has 2 aromatic heterocycles. The lowest BCUT2D eigenvalue weighted by Crippen LogP contribution is -2.42. The van der Waals surface area contributed by atoms with E-state index in [2.05, 4.69) is 16.0 Å². The standard InChI is InChI=1S/C16H17N3O2S/c20-16(15-8-11-2-1-3-14(11)22-15)19-6-7-21-13(10-19)12-9-17-4-5-18-12/h4-5,8-9,13H,1-3,6-7,10H2/t13-/m1/s1. The van der Waals surface area contributed by atoms with Gasteiger partial charge in [0.1, 0.15) is 6.10 Å². The van der Waals surface area contributed by atoms with E-state index in [0.29, 0.717) is 19.7 Å². The molecule has 2 aromatic rings. The molecule has 0 saturated carbocycles. The summed E-state index contributed by atoms with van der Waals surface area (Å²) in [5, 5.41) is 0. The number of rotatable bonds is 2. The molecule has 22 heavy (non-hydrogen) atoms. The van der Waals surface area contributed by atoms with Gasteiger partial charge in [-0.15, -0.1) is 11.3 Å². The molecular formula is C16H17N3O2S. The first kappa shape index (κ1) is 13.8. The Hall–Kier alpha value is -1.79. The van der Waals surface area contributed by atoms with Crippen molar-refractivity contribution >= 4 is 17.2 Å². The van der Waals surface area contributed by atoms with E-state index < -0.39 is 0 Å². The first-order valence-corrected chi connectivity index (χ1v) is 8.41. The normalized spacial score (nSPS) is 20.9. The summed E-state index contributed by atoms with van der Waals surface area (Å²) in [6, 6.07) is 2.09. The van der Waals surface area contributed by atoms with E-state index >= 15 is 0 Å². The minimum Gasteiger partial charge on any atom is -0.368 e. The number of hydrogen-bond donors (Lipinski definition) is 0. The van der Waals surface area contributed by atoms with E-state index in [-0.39, 0.29) is 12.0 Å². The number of amides is 1. The van der Waals surface area contributed by atoms with E-state index in [4.69, 9.17) is 4.74 Å². The van der Waals surface area contributed by atoms with Gasteiger partial charge in [-0.3, -0.25) is 14.8 Å². The summed E-state index contributed by atoms with van der Waals surface area (Å²) in [7, 11) is 0. The molecule has 1 fully saturated rings. The lowest BCUT2D eigenvalue weighted by atomic mass is 10.2. The van der Waals surface area contributed by atoms with E-state index in [1.54, 1.807) is 29.9 Å². The Kier molecular flexibility index (Phi) is 3.63. The van der Waals surface area contributed by atoms with Crippen LogP contribution in [0.25, 0.3) is 0 Å². The summed E-state index contributed by atoms with van der Waals surface area (Å²) in [5.74, 6) is 0.122. The summed E-state index contributed by atoms with van der Waals surface area (Å²) in [4.78, 5) is 25.2. The smallest absolute Gasteiger partial charge is 0.264 e. The molecule has 0 radical (unpaired) electrons. The van der Waals surface area contributed by atoms with Crippen LogP contribution in [0.1, 0.15) is 38.3 Å². The molecule has 1 atom stereocenters. The fourth-order valence-electron chi connectivity index (χ4n) is 3.08. The van der Waals surface area contributed by atoms with Crippen LogP contribution in [-0.4, -0.2) is 40.5 Å². The Morgan fingerprint density at radius 1 is 1.36 bits per heavy atom. The zero-order chi connectivity index (χ0) is 14.9. The summed E-state index contributed by atoms with van der Waals surface area (Å²) in [6.45, 7) is 1.72. The monoisotopic (exact) mass is 315 g/mol. The maximum absolute atomic E-state index is 12.7. The van der Waals surface area contributed by atoms with Gasteiger partial charge in [-0.1, -0.05) is 0 Å². The average Bonchev–Trinajstić information content (AvgIpc) is 3.17. The van der Waals surface area contributed by atoms with E-state index in [9.17, 15) is 4.79 Å². The van der Waals surface area contributed by atoms with Gasteiger partial charge in [-0.25, -0.2) is 0 Å². The van der Waals surface area contributed by atoms with Crippen molar-refractivity contribution in [2.24, 2.45) is 0 Å². The summed E-state index contributed by atoms with van der Waals surface area (Å²) >= 11 is 1.66. The highest BCUT2D eigenvalue weighted by Crippen LogP contribution is 2.32. The van der Waals surface area contributed by atoms with Crippen LogP contribution in [0, 0.1) is 0 Å². The van der Waals surface area contributed by atoms with Crippen LogP contribution < -0.4 is 0 Å². The summed E-state index contributed by atoms with van der Waals surface area (Å²) in [5.41, 5.74) is 2.15. The summed E-state index contributed by atoms with van der Waals surface area (Å²) in [6.07, 6.45) is 8.29. The number of ether oxygens (including phenoxy) is 1. The van der Waals surface area contributed by atoms with Gasteiger partial charge in [0.25, 0.3) is 5.91 Å². The molecule has 5 nitrogen and oxygen atoms in total. The zero-order valence-corrected chi connectivity index (χ0v) is 13.0. The van der Waals surface area contributed by atoms with Gasteiger partial charge in [0.05, 0.1) is 29.9 Å². The Labute approximate surface area is 133 Å². The largest absolute Gasteiger partial charge is 0.368 e. The fraction of sp³-hybridized carbons (Fsp3) is 0.438. The SMILES string of the molecule is O=C(c1cc2c(s1)CCC2)N1CCO[C@@H](c2cnccn2)C1. The lowest BCUT2D eigenvalue weighted by molar-refractivity contribution is -0.0247. The first-order valence-electron chi connectivity index (χ1n) is 7.59. The Morgan fingerprint density at radius 3 is 3.14 bits per heavy atom. The zero-order valence-electron chi connectivity index (χ0n) is 12.2. The van der Waals surface area contributed by atoms with Crippen LogP contribution >= 0.6 is 11.3 Å². The number of aryl methyl sites for hydroxylation is 2. The van der Waals surface area contributed by atoms with Crippen LogP contribution in [0.4, 0.5) is 0 Å². The molecule has 6 heteroatoms. The molecule has 114 valence electrons. The number of nitrogens with zero attached hydrogens (tertiary/aromatic N) is 3. The third-order valence-corrected chi connectivity index (χ3v) is 5.45. The number of carbonyl (C=O) groups is 1. The average molecular weight is 315 g/mol. The van der Waals surface area contributed by atoms with Crippen molar-refractivity contribution in [1.29, 1.82) is 0 Å². The van der Waals surface area contributed by atoms with E-state index in [1.165, 1.54) is 16.9 Å². The maximum Gasteiger partial charge on any atom is 0.264 e. The molecule has 4 rings (SSSR count). The van der Waals surface area contributed by atoms with Crippen molar-refractivity contribution in [3.05, 3.63) is 45.7 Å². The Balaban J connectivity index is 1.50. The molecule has 0 unspecified atom stereocenters. The van der Waals surface area contributed by atoms with Crippen molar-refractivity contribution in [2.45, 2.75) is 25.4 Å². The number of aromatic nitrogens is 2. The fourth-order valence-corrected chi connectivity index (χ4v) is 4.30. The number of morpholine rings is 1. The van der Waals surface area contributed by atoms with Crippen LogP contribution in [-0.2, 0) is 17.6 Å². The number of fused-ring (bicyclic) bond motifs is 1. The molecule has 0 aromatic carbocycles. The quantitative estimate of drug-likeness (QED) is 0.853. The minimum absolute atomic E-state index is 0.122. The lowest BCUT2D eigenvalue weighted by Gasteiger charge is -2.32. The predicted octanol–water partition coefficient (Wildman–Crippen LogP) is 2.24. The Bertz CT molecular complexity index is 664. The maximum atomic E-state index is 12.7. The summed E-state index contributed by atoms with van der Waals surface area (Å²) < 4.78 is 5.75. The molecule has 0 N–H and O–H groups in total. The topological polar surface area (TPSA) is 55.3 Å². The molecule has 3 heterocycles. The van der Waals surface area contributed by atoms with Crippen molar-refractivity contribution < 1.29 is 9.53 Å². The highest BCUT2D eigenvalue weighted by molar-refractivity contribution is 7.14. The van der Waals surface area contributed by atoms with Gasteiger partial charge in [-0.05, 0) is 30.9 Å². The molecule has 1 saturated heterocycles. The first-order chi connectivity index (χ1) is 10.8. The van der Waals surface area contributed by atoms with Gasteiger partial charge in [0.2, 0.25) is 0 Å². The molecule has 1 amide bonds. The van der Waals surface area contributed by atoms with Gasteiger partial charge in [0, 0.05) is 23.8 Å². The van der Waals surface area contributed by atoms with Crippen LogP contribution in [0.2, 0.25) is 0 Å². The third-order valence-electron chi connectivity index (χ3n) is 4.22. The van der Waals surface area contributed by atoms with E-state index in [1.807, 2.05) is 4.90 Å². The number of carbonyl (C=O) groups excluding carboxylic acids is 1. The van der Waals surface area contributed by atoms with Gasteiger partial charge < -0.3 is 9.64 Å². The predicted molar refractivity (Wildman–Crippen MR) is 83.0 cm³/mol. The Morgan fingerprint density at radius 2 is 2.32 bits per heavy atom. The second-order valence-corrected chi connectivity index (χ2v) is 6.79. The molecular weight excluding hydrogens is 298 g/mol. The molecule has 1 aliphatic heterocycles. The van der Waals surface area contributed by atoms with Crippen molar-refractivity contribution in [2.75, 3.05) is 19.7 Å². The van der Waals surface area contributed by atoms with Crippen LogP contribution in [0.5, 0.6) is 0 Å². The highest BCUT2D eigenvalue weighted by atomic mass is 32.1. The van der Waals surface area contributed by atoms with E-state index in [0.717, 1.165) is 23.4 Å². The van der Waals surface area contributed by atoms with Crippen LogP contribution in [0.3, 0.4) is 0 Å².